The summed E-state index contributed by atoms with van der Waals surface area (Å²) in [6.07, 6.45) is 5.82. The third-order valence-electron chi connectivity index (χ3n) is 7.21. The molecule has 3 nitrogen and oxygen atoms in total. The highest BCUT2D eigenvalue weighted by molar-refractivity contribution is 5.87. The Kier molecular flexibility index (Phi) is 8.20. The molecule has 0 radical (unpaired) electrons. The molecular formula is C32H36O3. The highest BCUT2D eigenvalue weighted by Crippen LogP contribution is 2.37. The zero-order valence-electron chi connectivity index (χ0n) is 20.9. The van der Waals surface area contributed by atoms with Crippen LogP contribution in [0.3, 0.4) is 0 Å². The fourth-order valence-electron chi connectivity index (χ4n) is 4.96. The number of carbonyl (C=O) groups excluding carboxylic acids is 1. The van der Waals surface area contributed by atoms with Crippen molar-refractivity contribution < 1.29 is 14.6 Å². The molecule has 0 unspecified atom stereocenters. The van der Waals surface area contributed by atoms with Crippen LogP contribution < -0.4 is 0 Å². The van der Waals surface area contributed by atoms with Gasteiger partial charge in [-0.3, -0.25) is 0 Å². The van der Waals surface area contributed by atoms with Gasteiger partial charge in [0.05, 0.1) is 0 Å². The van der Waals surface area contributed by atoms with E-state index >= 15 is 0 Å². The first-order chi connectivity index (χ1) is 16.9. The predicted octanol–water partition coefficient (Wildman–Crippen LogP) is 7.47. The van der Waals surface area contributed by atoms with Gasteiger partial charge in [-0.25, -0.2) is 4.79 Å². The van der Waals surface area contributed by atoms with Gasteiger partial charge in [-0.15, -0.1) is 0 Å². The molecule has 182 valence electrons. The molecule has 0 amide bonds. The Morgan fingerprint density at radius 2 is 1.54 bits per heavy atom. The summed E-state index contributed by atoms with van der Waals surface area (Å²) in [5.74, 6) is 1.13. The van der Waals surface area contributed by atoms with Crippen molar-refractivity contribution in [2.24, 2.45) is 5.92 Å². The summed E-state index contributed by atoms with van der Waals surface area (Å²) in [6, 6.07) is 23.5. The molecule has 1 N–H and O–H groups in total. The fraction of sp³-hybridized carbons (Fsp3) is 0.344. The van der Waals surface area contributed by atoms with E-state index in [1.807, 2.05) is 12.1 Å². The van der Waals surface area contributed by atoms with Crippen LogP contribution in [0.4, 0.5) is 0 Å². The van der Waals surface area contributed by atoms with E-state index < -0.39 is 0 Å². The smallest absolute Gasteiger partial charge is 0.333 e. The van der Waals surface area contributed by atoms with E-state index in [0.29, 0.717) is 17.9 Å². The van der Waals surface area contributed by atoms with Crippen LogP contribution in [0.1, 0.15) is 62.1 Å². The van der Waals surface area contributed by atoms with Gasteiger partial charge in [0.25, 0.3) is 0 Å². The Morgan fingerprint density at radius 3 is 2.17 bits per heavy atom. The molecule has 1 fully saturated rings. The summed E-state index contributed by atoms with van der Waals surface area (Å²) in [4.78, 5) is 12.1. The average molecular weight is 469 g/mol. The van der Waals surface area contributed by atoms with Crippen molar-refractivity contribution in [1.29, 1.82) is 0 Å². The minimum atomic E-state index is -0.378. The van der Waals surface area contributed by atoms with Crippen molar-refractivity contribution in [3.05, 3.63) is 95.6 Å². The zero-order chi connectivity index (χ0) is 24.8. The van der Waals surface area contributed by atoms with Gasteiger partial charge in [0, 0.05) is 12.2 Å². The third-order valence-corrected chi connectivity index (χ3v) is 7.21. The van der Waals surface area contributed by atoms with Gasteiger partial charge in [-0.1, -0.05) is 87.0 Å². The maximum atomic E-state index is 12.1. The van der Waals surface area contributed by atoms with Crippen molar-refractivity contribution in [2.75, 3.05) is 6.61 Å². The van der Waals surface area contributed by atoms with Crippen LogP contribution in [0.15, 0.2) is 78.9 Å². The van der Waals surface area contributed by atoms with Crippen LogP contribution in [0.25, 0.3) is 22.3 Å². The summed E-state index contributed by atoms with van der Waals surface area (Å²) in [5.41, 5.74) is 8.26. The minimum Gasteiger partial charge on any atom is -0.457 e. The molecule has 1 aliphatic carbocycles. The second-order valence-electron chi connectivity index (χ2n) is 9.98. The Bertz CT molecular complexity index is 1150. The second kappa shape index (κ2) is 11.5. The number of carbonyl (C=O) groups is 1. The number of aliphatic hydroxyl groups excluding tert-OH is 1. The Balaban J connectivity index is 1.62. The van der Waals surface area contributed by atoms with E-state index in [4.69, 9.17) is 4.74 Å². The quantitative estimate of drug-likeness (QED) is 0.275. The first-order valence-electron chi connectivity index (χ1n) is 12.7. The number of esters is 1. The first kappa shape index (κ1) is 24.9. The van der Waals surface area contributed by atoms with Crippen molar-refractivity contribution in [3.8, 4) is 22.3 Å². The number of hydrogen-bond acceptors (Lipinski definition) is 3. The van der Waals surface area contributed by atoms with Crippen LogP contribution in [0, 0.1) is 5.92 Å². The van der Waals surface area contributed by atoms with E-state index in [-0.39, 0.29) is 19.2 Å². The van der Waals surface area contributed by atoms with Gasteiger partial charge in [0.15, 0.2) is 0 Å². The van der Waals surface area contributed by atoms with Crippen LogP contribution in [-0.4, -0.2) is 17.7 Å². The van der Waals surface area contributed by atoms with Crippen molar-refractivity contribution in [3.63, 3.8) is 0 Å². The maximum absolute atomic E-state index is 12.1. The number of ether oxygens (including phenoxy) is 1. The van der Waals surface area contributed by atoms with Gasteiger partial charge < -0.3 is 9.84 Å². The highest BCUT2D eigenvalue weighted by atomic mass is 16.5. The largest absolute Gasteiger partial charge is 0.457 e. The topological polar surface area (TPSA) is 46.5 Å². The SMILES string of the molecule is C=C(C)C(=O)OCc1cc(-c2ccc(CCO)cc2)ccc1-c1ccc(C2CCC(C)CC2)cc1. The summed E-state index contributed by atoms with van der Waals surface area (Å²) in [5, 5.41) is 9.18. The molecule has 0 atom stereocenters. The molecule has 0 saturated heterocycles. The molecule has 3 heteroatoms. The van der Waals surface area contributed by atoms with E-state index in [9.17, 15) is 9.90 Å². The number of rotatable bonds is 8. The standard InChI is InChI=1S/C32H36O3/c1-22(2)32(34)35-21-30-20-29(27-10-6-24(7-11-27)18-19-33)16-17-31(30)28-14-12-26(13-15-28)25-8-4-23(3)5-9-25/h6-7,10-17,20,23,25,33H,1,4-5,8-9,18-19,21H2,2-3H3. The van der Waals surface area contributed by atoms with E-state index in [0.717, 1.165) is 39.3 Å². The van der Waals surface area contributed by atoms with Gasteiger partial charge in [0.2, 0.25) is 0 Å². The minimum absolute atomic E-state index is 0.144. The van der Waals surface area contributed by atoms with Crippen molar-refractivity contribution in [1.82, 2.24) is 0 Å². The summed E-state index contributed by atoms with van der Waals surface area (Å²) >= 11 is 0. The molecule has 3 aromatic rings. The Hall–Kier alpha value is -3.17. The monoisotopic (exact) mass is 468 g/mol. The molecule has 3 aromatic carbocycles. The fourth-order valence-corrected chi connectivity index (χ4v) is 4.96. The van der Waals surface area contributed by atoms with Crippen molar-refractivity contribution >= 4 is 5.97 Å². The lowest BCUT2D eigenvalue weighted by Crippen LogP contribution is -2.10. The lowest BCUT2D eigenvalue weighted by atomic mass is 9.79. The first-order valence-corrected chi connectivity index (χ1v) is 12.7. The molecular weight excluding hydrogens is 432 g/mol. The summed E-state index contributed by atoms with van der Waals surface area (Å²) < 4.78 is 5.56. The molecule has 0 heterocycles. The van der Waals surface area contributed by atoms with Crippen LogP contribution in [0.2, 0.25) is 0 Å². The molecule has 0 aromatic heterocycles. The molecule has 35 heavy (non-hydrogen) atoms. The van der Waals surface area contributed by atoms with Crippen LogP contribution in [-0.2, 0) is 22.6 Å². The van der Waals surface area contributed by atoms with Gasteiger partial charge in [0.1, 0.15) is 6.61 Å². The van der Waals surface area contributed by atoms with E-state index in [1.54, 1.807) is 6.92 Å². The molecule has 0 aliphatic heterocycles. The predicted molar refractivity (Wildman–Crippen MR) is 143 cm³/mol. The third kappa shape index (κ3) is 6.29. The Morgan fingerprint density at radius 1 is 0.914 bits per heavy atom. The zero-order valence-corrected chi connectivity index (χ0v) is 20.9. The highest BCUT2D eigenvalue weighted by Gasteiger charge is 2.20. The lowest BCUT2D eigenvalue weighted by Gasteiger charge is -2.26. The lowest BCUT2D eigenvalue weighted by molar-refractivity contribution is -0.140. The van der Waals surface area contributed by atoms with Gasteiger partial charge in [-0.05, 0) is 83.0 Å². The molecule has 1 saturated carbocycles. The second-order valence-corrected chi connectivity index (χ2v) is 9.98. The molecule has 4 rings (SSSR count). The normalized spacial score (nSPS) is 17.7. The number of aliphatic hydroxyl groups is 1. The molecule has 1 aliphatic rings. The van der Waals surface area contributed by atoms with Gasteiger partial charge in [-0.2, -0.15) is 0 Å². The summed E-state index contributed by atoms with van der Waals surface area (Å²) in [6.45, 7) is 8.06. The molecule has 0 spiro atoms. The van der Waals surface area contributed by atoms with E-state index in [1.165, 1.54) is 31.2 Å². The van der Waals surface area contributed by atoms with Gasteiger partial charge >= 0.3 is 5.97 Å². The summed E-state index contributed by atoms with van der Waals surface area (Å²) in [7, 11) is 0. The van der Waals surface area contributed by atoms with Crippen LogP contribution in [0.5, 0.6) is 0 Å². The maximum Gasteiger partial charge on any atom is 0.333 e. The van der Waals surface area contributed by atoms with Crippen molar-refractivity contribution in [2.45, 2.75) is 58.5 Å². The van der Waals surface area contributed by atoms with E-state index in [2.05, 4.69) is 68.1 Å². The number of hydrogen-bond donors (Lipinski definition) is 1. The number of benzene rings is 3. The molecule has 0 bridgehead atoms. The average Bonchev–Trinajstić information content (AvgIpc) is 2.88. The van der Waals surface area contributed by atoms with Crippen LogP contribution >= 0.6 is 0 Å². The Labute approximate surface area is 209 Å².